The van der Waals surface area contributed by atoms with Crippen LogP contribution >= 0.6 is 0 Å². The average Bonchev–Trinajstić information content (AvgIpc) is 2.43. The smallest absolute Gasteiger partial charge is 0.326 e. The van der Waals surface area contributed by atoms with E-state index in [1.165, 1.54) is 21.1 Å². The number of methoxy groups -OCH3 is 1. The van der Waals surface area contributed by atoms with Gasteiger partial charge in [0.15, 0.2) is 18.1 Å². The molecule has 19 heavy (non-hydrogen) atoms. The number of carboxylic acids is 1. The molecule has 0 aliphatic rings. The van der Waals surface area contributed by atoms with Crippen molar-refractivity contribution in [1.82, 2.24) is 4.90 Å². The van der Waals surface area contributed by atoms with Gasteiger partial charge in [0.05, 0.1) is 7.11 Å². The summed E-state index contributed by atoms with van der Waals surface area (Å²) in [6, 6.07) is 6.03. The lowest BCUT2D eigenvalue weighted by atomic mass is 10.3. The molecule has 0 spiro atoms. The lowest BCUT2D eigenvalue weighted by Crippen LogP contribution is -2.42. The zero-order valence-electron chi connectivity index (χ0n) is 11.1. The Morgan fingerprint density at radius 1 is 1.32 bits per heavy atom. The van der Waals surface area contributed by atoms with Crippen LogP contribution in [0, 0.1) is 0 Å². The van der Waals surface area contributed by atoms with Crippen molar-refractivity contribution in [2.75, 3.05) is 20.8 Å². The Kier molecular flexibility index (Phi) is 5.17. The molecule has 1 aromatic carbocycles. The van der Waals surface area contributed by atoms with Gasteiger partial charge in [-0.3, -0.25) is 4.79 Å². The van der Waals surface area contributed by atoms with Crippen LogP contribution < -0.4 is 9.47 Å². The molecule has 0 radical (unpaired) electrons. The minimum absolute atomic E-state index is 0.242. The van der Waals surface area contributed by atoms with Crippen molar-refractivity contribution in [1.29, 1.82) is 0 Å². The topological polar surface area (TPSA) is 76.1 Å². The van der Waals surface area contributed by atoms with E-state index in [1.54, 1.807) is 24.3 Å². The molecule has 0 fully saturated rings. The van der Waals surface area contributed by atoms with E-state index in [1.807, 2.05) is 0 Å². The number of carboxylic acid groups (broad SMARTS) is 1. The molecule has 0 saturated heterocycles. The van der Waals surface area contributed by atoms with Crippen molar-refractivity contribution in [2.45, 2.75) is 13.0 Å². The molecule has 1 N–H and O–H groups in total. The first-order valence-electron chi connectivity index (χ1n) is 5.71. The molecule has 104 valence electrons. The molecule has 1 aromatic rings. The van der Waals surface area contributed by atoms with E-state index in [2.05, 4.69) is 0 Å². The van der Waals surface area contributed by atoms with E-state index in [9.17, 15) is 9.59 Å². The monoisotopic (exact) mass is 267 g/mol. The number of carbonyl (C=O) groups excluding carboxylic acids is 1. The van der Waals surface area contributed by atoms with Crippen molar-refractivity contribution < 1.29 is 24.2 Å². The van der Waals surface area contributed by atoms with Gasteiger partial charge >= 0.3 is 5.97 Å². The molecule has 1 amide bonds. The van der Waals surface area contributed by atoms with Crippen LogP contribution in [0.25, 0.3) is 0 Å². The number of aliphatic carboxylic acids is 1. The van der Waals surface area contributed by atoms with Crippen molar-refractivity contribution in [3.05, 3.63) is 24.3 Å². The van der Waals surface area contributed by atoms with Gasteiger partial charge in [-0.1, -0.05) is 12.1 Å². The fraction of sp³-hybridized carbons (Fsp3) is 0.385. The minimum Gasteiger partial charge on any atom is -0.493 e. The summed E-state index contributed by atoms with van der Waals surface area (Å²) in [4.78, 5) is 23.6. The van der Waals surface area contributed by atoms with Crippen LogP contribution in [0.4, 0.5) is 0 Å². The predicted octanol–water partition coefficient (Wildman–Crippen LogP) is 1.01. The molecule has 6 heteroatoms. The normalized spacial score (nSPS) is 11.5. The zero-order chi connectivity index (χ0) is 14.4. The molecule has 6 nitrogen and oxygen atoms in total. The van der Waals surface area contributed by atoms with Crippen LogP contribution in [0.1, 0.15) is 6.92 Å². The maximum absolute atomic E-state index is 11.8. The second kappa shape index (κ2) is 6.63. The van der Waals surface area contributed by atoms with Gasteiger partial charge in [-0.15, -0.1) is 0 Å². The third-order valence-electron chi connectivity index (χ3n) is 2.75. The molecular weight excluding hydrogens is 250 g/mol. The number of benzene rings is 1. The Hall–Kier alpha value is -2.24. The van der Waals surface area contributed by atoms with Gasteiger partial charge < -0.3 is 19.5 Å². The summed E-state index contributed by atoms with van der Waals surface area (Å²) in [7, 11) is 2.93. The van der Waals surface area contributed by atoms with Gasteiger partial charge in [-0.25, -0.2) is 4.79 Å². The fourth-order valence-electron chi connectivity index (χ4n) is 1.36. The van der Waals surface area contributed by atoms with Crippen molar-refractivity contribution in [2.24, 2.45) is 0 Å². The molecule has 0 heterocycles. The Morgan fingerprint density at radius 3 is 2.42 bits per heavy atom. The summed E-state index contributed by atoms with van der Waals surface area (Å²) in [5, 5.41) is 8.81. The number of rotatable bonds is 6. The summed E-state index contributed by atoms with van der Waals surface area (Å²) in [5.41, 5.74) is 0. The number of para-hydroxylation sites is 2. The van der Waals surface area contributed by atoms with Crippen LogP contribution in [-0.4, -0.2) is 48.7 Å². The molecule has 1 atom stereocenters. The number of ether oxygens (including phenoxy) is 2. The lowest BCUT2D eigenvalue weighted by molar-refractivity contribution is -0.148. The number of amides is 1. The van der Waals surface area contributed by atoms with Crippen molar-refractivity contribution in [3.8, 4) is 11.5 Å². The molecule has 1 unspecified atom stereocenters. The summed E-state index contributed by atoms with van der Waals surface area (Å²) < 4.78 is 10.4. The van der Waals surface area contributed by atoms with E-state index >= 15 is 0 Å². The predicted molar refractivity (Wildman–Crippen MR) is 68.4 cm³/mol. The fourth-order valence-corrected chi connectivity index (χ4v) is 1.36. The Morgan fingerprint density at radius 2 is 1.89 bits per heavy atom. The van der Waals surface area contributed by atoms with E-state index in [0.717, 1.165) is 4.90 Å². The number of hydrogen-bond acceptors (Lipinski definition) is 4. The number of hydrogen-bond donors (Lipinski definition) is 1. The molecule has 0 aromatic heterocycles. The number of nitrogens with zero attached hydrogens (tertiary/aromatic N) is 1. The molecule has 1 rings (SSSR count). The maximum Gasteiger partial charge on any atom is 0.326 e. The third kappa shape index (κ3) is 3.87. The van der Waals surface area contributed by atoms with Crippen LogP contribution in [0.3, 0.4) is 0 Å². The van der Waals surface area contributed by atoms with E-state index in [-0.39, 0.29) is 6.61 Å². The van der Waals surface area contributed by atoms with Crippen molar-refractivity contribution >= 4 is 11.9 Å². The second-order valence-electron chi connectivity index (χ2n) is 3.96. The highest BCUT2D eigenvalue weighted by molar-refractivity contribution is 5.84. The SMILES string of the molecule is COc1ccccc1OCC(=O)N(C)C(C)C(=O)O. The largest absolute Gasteiger partial charge is 0.493 e. The first-order valence-corrected chi connectivity index (χ1v) is 5.71. The van der Waals surface area contributed by atoms with E-state index < -0.39 is 17.9 Å². The molecule has 0 saturated carbocycles. The maximum atomic E-state index is 11.8. The molecule has 0 bridgehead atoms. The first-order chi connectivity index (χ1) is 8.97. The van der Waals surface area contributed by atoms with E-state index in [4.69, 9.17) is 14.6 Å². The highest BCUT2D eigenvalue weighted by Gasteiger charge is 2.22. The van der Waals surface area contributed by atoms with Crippen LogP contribution in [0.2, 0.25) is 0 Å². The van der Waals surface area contributed by atoms with Crippen molar-refractivity contribution in [3.63, 3.8) is 0 Å². The first kappa shape index (κ1) is 14.8. The van der Waals surface area contributed by atoms with Crippen LogP contribution in [-0.2, 0) is 9.59 Å². The summed E-state index contributed by atoms with van der Waals surface area (Å²) in [6.45, 7) is 1.19. The Balaban J connectivity index is 2.61. The van der Waals surface area contributed by atoms with E-state index in [0.29, 0.717) is 11.5 Å². The second-order valence-corrected chi connectivity index (χ2v) is 3.96. The summed E-state index contributed by atoms with van der Waals surface area (Å²) >= 11 is 0. The van der Waals surface area contributed by atoms with Gasteiger partial charge in [0.2, 0.25) is 0 Å². The quantitative estimate of drug-likeness (QED) is 0.832. The lowest BCUT2D eigenvalue weighted by Gasteiger charge is -2.21. The van der Waals surface area contributed by atoms with Crippen LogP contribution in [0.15, 0.2) is 24.3 Å². The van der Waals surface area contributed by atoms with Gasteiger partial charge in [0, 0.05) is 7.05 Å². The van der Waals surface area contributed by atoms with Crippen LogP contribution in [0.5, 0.6) is 11.5 Å². The average molecular weight is 267 g/mol. The van der Waals surface area contributed by atoms with Gasteiger partial charge in [-0.05, 0) is 19.1 Å². The third-order valence-corrected chi connectivity index (χ3v) is 2.75. The number of carbonyl (C=O) groups is 2. The summed E-state index contributed by atoms with van der Waals surface area (Å²) in [5.74, 6) is -0.520. The summed E-state index contributed by atoms with van der Waals surface area (Å²) in [6.07, 6.45) is 0. The van der Waals surface area contributed by atoms with Gasteiger partial charge in [0.1, 0.15) is 6.04 Å². The minimum atomic E-state index is -1.06. The standard InChI is InChI=1S/C13H17NO5/c1-9(13(16)17)14(2)12(15)8-19-11-7-5-4-6-10(11)18-3/h4-7,9H,8H2,1-3H3,(H,16,17). The molecular formula is C13H17NO5. The molecule has 0 aliphatic heterocycles. The van der Waals surface area contributed by atoms with Gasteiger partial charge in [-0.2, -0.15) is 0 Å². The number of likely N-dealkylation sites (N-methyl/N-ethyl adjacent to an activating group) is 1. The van der Waals surface area contributed by atoms with Gasteiger partial charge in [0.25, 0.3) is 5.91 Å². The highest BCUT2D eigenvalue weighted by atomic mass is 16.5. The Labute approximate surface area is 111 Å². The highest BCUT2D eigenvalue weighted by Crippen LogP contribution is 2.25. The molecule has 0 aliphatic carbocycles. The Bertz CT molecular complexity index is 460. The zero-order valence-corrected chi connectivity index (χ0v) is 11.1.